The molecule has 0 radical (unpaired) electrons. The lowest BCUT2D eigenvalue weighted by molar-refractivity contribution is 0.292. The van der Waals surface area contributed by atoms with Crippen molar-refractivity contribution in [2.45, 2.75) is 38.1 Å². The lowest BCUT2D eigenvalue weighted by atomic mass is 9.84. The fourth-order valence-electron chi connectivity index (χ4n) is 3.86. The highest BCUT2D eigenvalue weighted by Gasteiger charge is 2.39. The highest BCUT2D eigenvalue weighted by molar-refractivity contribution is 5.06. The van der Waals surface area contributed by atoms with Gasteiger partial charge in [0.15, 0.2) is 0 Å². The number of nitrogens with two attached hydrogens (primary N) is 1. The van der Waals surface area contributed by atoms with E-state index in [0.717, 1.165) is 24.2 Å². The molecule has 2 N–H and O–H groups in total. The Balaban J connectivity index is 1.65. The zero-order valence-electron chi connectivity index (χ0n) is 9.97. The minimum atomic E-state index is 0.178. The molecule has 0 aromatic carbocycles. The summed E-state index contributed by atoms with van der Waals surface area (Å²) in [4.78, 5) is 0. The van der Waals surface area contributed by atoms with Crippen LogP contribution in [0.3, 0.4) is 0 Å². The molecule has 2 bridgehead atoms. The second-order valence-electron chi connectivity index (χ2n) is 5.66. The molecular formula is C13H21N3. The van der Waals surface area contributed by atoms with Crippen LogP contribution in [0.2, 0.25) is 0 Å². The van der Waals surface area contributed by atoms with Gasteiger partial charge in [-0.05, 0) is 49.5 Å². The monoisotopic (exact) mass is 219 g/mol. The first-order chi connectivity index (χ1) is 7.74. The third-order valence-corrected chi connectivity index (χ3v) is 4.68. The summed E-state index contributed by atoms with van der Waals surface area (Å²) in [6.07, 6.45) is 8.82. The lowest BCUT2D eigenvalue weighted by Gasteiger charge is -2.24. The quantitative estimate of drug-likeness (QED) is 0.847. The summed E-state index contributed by atoms with van der Waals surface area (Å²) in [7, 11) is 1.98. The number of hydrogen-bond donors (Lipinski definition) is 1. The van der Waals surface area contributed by atoms with Gasteiger partial charge in [-0.3, -0.25) is 4.68 Å². The van der Waals surface area contributed by atoms with E-state index >= 15 is 0 Å². The van der Waals surface area contributed by atoms with Crippen LogP contribution in [0.4, 0.5) is 0 Å². The lowest BCUT2D eigenvalue weighted by Crippen LogP contribution is -2.21. The van der Waals surface area contributed by atoms with Gasteiger partial charge in [-0.25, -0.2) is 0 Å². The van der Waals surface area contributed by atoms with Crippen molar-refractivity contribution in [1.82, 2.24) is 9.78 Å². The predicted molar refractivity (Wildman–Crippen MR) is 63.7 cm³/mol. The van der Waals surface area contributed by atoms with Crippen molar-refractivity contribution in [3.63, 3.8) is 0 Å². The van der Waals surface area contributed by atoms with Gasteiger partial charge in [-0.2, -0.15) is 5.10 Å². The topological polar surface area (TPSA) is 43.8 Å². The van der Waals surface area contributed by atoms with Crippen LogP contribution in [0.25, 0.3) is 0 Å². The van der Waals surface area contributed by atoms with E-state index in [-0.39, 0.29) is 6.04 Å². The predicted octanol–water partition coefficient (Wildman–Crippen LogP) is 2.25. The smallest absolute Gasteiger partial charge is 0.0548 e. The van der Waals surface area contributed by atoms with Crippen LogP contribution in [0.5, 0.6) is 0 Å². The van der Waals surface area contributed by atoms with Gasteiger partial charge >= 0.3 is 0 Å². The normalized spacial score (nSPS) is 34.5. The van der Waals surface area contributed by atoms with Crippen LogP contribution in [0, 0.1) is 17.8 Å². The van der Waals surface area contributed by atoms with Gasteiger partial charge in [0, 0.05) is 19.3 Å². The van der Waals surface area contributed by atoms with E-state index in [1.807, 2.05) is 17.9 Å². The van der Waals surface area contributed by atoms with E-state index in [1.54, 1.807) is 0 Å². The second kappa shape index (κ2) is 3.88. The molecule has 1 heterocycles. The Morgan fingerprint density at radius 1 is 1.50 bits per heavy atom. The number of nitrogens with zero attached hydrogens (tertiary/aromatic N) is 2. The SMILES string of the molecule is Cn1nccc1C(N)CC1CC2CCC1C2. The Kier molecular flexibility index (Phi) is 2.51. The zero-order valence-corrected chi connectivity index (χ0v) is 9.97. The third kappa shape index (κ3) is 1.67. The van der Waals surface area contributed by atoms with E-state index in [1.165, 1.54) is 31.4 Å². The van der Waals surface area contributed by atoms with Gasteiger partial charge in [0.1, 0.15) is 0 Å². The number of hydrogen-bond acceptors (Lipinski definition) is 2. The Hall–Kier alpha value is -0.830. The molecule has 2 aliphatic carbocycles. The average molecular weight is 219 g/mol. The summed E-state index contributed by atoms with van der Waals surface area (Å²) in [5, 5.41) is 4.20. The molecule has 0 aliphatic heterocycles. The van der Waals surface area contributed by atoms with E-state index in [0.29, 0.717) is 0 Å². The molecule has 3 nitrogen and oxygen atoms in total. The van der Waals surface area contributed by atoms with Crippen LogP contribution >= 0.6 is 0 Å². The number of aromatic nitrogens is 2. The van der Waals surface area contributed by atoms with Gasteiger partial charge in [-0.1, -0.05) is 6.42 Å². The first kappa shape index (κ1) is 10.3. The van der Waals surface area contributed by atoms with Gasteiger partial charge in [-0.15, -0.1) is 0 Å². The molecule has 0 saturated heterocycles. The van der Waals surface area contributed by atoms with Crippen molar-refractivity contribution >= 4 is 0 Å². The van der Waals surface area contributed by atoms with Crippen molar-refractivity contribution < 1.29 is 0 Å². The van der Waals surface area contributed by atoms with Gasteiger partial charge in [0.2, 0.25) is 0 Å². The average Bonchev–Trinajstić information content (AvgIpc) is 2.92. The maximum Gasteiger partial charge on any atom is 0.0548 e. The summed E-state index contributed by atoms with van der Waals surface area (Å²) in [6, 6.07) is 2.23. The molecule has 88 valence electrons. The van der Waals surface area contributed by atoms with Gasteiger partial charge in [0.05, 0.1) is 5.69 Å². The standard InChI is InChI=1S/C13H21N3/c1-16-13(4-5-15-16)12(14)8-11-7-9-2-3-10(11)6-9/h4-5,9-12H,2-3,6-8,14H2,1H3. The van der Waals surface area contributed by atoms with Crippen molar-refractivity contribution in [3.05, 3.63) is 18.0 Å². The van der Waals surface area contributed by atoms with Crippen molar-refractivity contribution in [2.75, 3.05) is 0 Å². The molecule has 3 rings (SSSR count). The van der Waals surface area contributed by atoms with Crippen LogP contribution < -0.4 is 5.73 Å². The van der Waals surface area contributed by atoms with Crippen molar-refractivity contribution in [3.8, 4) is 0 Å². The highest BCUT2D eigenvalue weighted by atomic mass is 15.3. The molecule has 4 unspecified atom stereocenters. The minimum absolute atomic E-state index is 0.178. The van der Waals surface area contributed by atoms with E-state index in [9.17, 15) is 0 Å². The summed E-state index contributed by atoms with van der Waals surface area (Å²) >= 11 is 0. The largest absolute Gasteiger partial charge is 0.323 e. The Bertz CT molecular complexity index is 371. The minimum Gasteiger partial charge on any atom is -0.323 e. The summed E-state index contributed by atoms with van der Waals surface area (Å²) in [5.74, 6) is 2.88. The molecule has 2 fully saturated rings. The van der Waals surface area contributed by atoms with Crippen molar-refractivity contribution in [1.29, 1.82) is 0 Å². The number of rotatable bonds is 3. The molecule has 2 saturated carbocycles. The van der Waals surface area contributed by atoms with E-state index < -0.39 is 0 Å². The molecule has 16 heavy (non-hydrogen) atoms. The molecular weight excluding hydrogens is 198 g/mol. The molecule has 0 amide bonds. The molecule has 3 heteroatoms. The maximum absolute atomic E-state index is 6.29. The number of aryl methyl sites for hydroxylation is 1. The van der Waals surface area contributed by atoms with Gasteiger partial charge < -0.3 is 5.73 Å². The first-order valence-electron chi connectivity index (χ1n) is 6.47. The first-order valence-corrected chi connectivity index (χ1v) is 6.47. The zero-order chi connectivity index (χ0) is 11.1. The van der Waals surface area contributed by atoms with Crippen molar-refractivity contribution in [2.24, 2.45) is 30.5 Å². The van der Waals surface area contributed by atoms with Crippen LogP contribution in [-0.2, 0) is 7.05 Å². The van der Waals surface area contributed by atoms with Gasteiger partial charge in [0.25, 0.3) is 0 Å². The molecule has 1 aromatic rings. The Morgan fingerprint density at radius 3 is 2.94 bits per heavy atom. The second-order valence-corrected chi connectivity index (χ2v) is 5.66. The number of fused-ring (bicyclic) bond motifs is 2. The Labute approximate surface area is 97.0 Å². The summed E-state index contributed by atoms with van der Waals surface area (Å²) in [5.41, 5.74) is 7.47. The van der Waals surface area contributed by atoms with E-state index in [2.05, 4.69) is 11.2 Å². The molecule has 1 aromatic heterocycles. The van der Waals surface area contributed by atoms with Crippen LogP contribution in [-0.4, -0.2) is 9.78 Å². The fourth-order valence-corrected chi connectivity index (χ4v) is 3.86. The van der Waals surface area contributed by atoms with E-state index in [4.69, 9.17) is 5.73 Å². The highest BCUT2D eigenvalue weighted by Crippen LogP contribution is 2.50. The summed E-state index contributed by atoms with van der Waals surface area (Å²) in [6.45, 7) is 0. The van der Waals surface area contributed by atoms with Crippen LogP contribution in [0.1, 0.15) is 43.8 Å². The summed E-state index contributed by atoms with van der Waals surface area (Å²) < 4.78 is 1.91. The third-order valence-electron chi connectivity index (χ3n) is 4.68. The maximum atomic E-state index is 6.29. The fraction of sp³-hybridized carbons (Fsp3) is 0.769. The molecule has 2 aliphatic rings. The molecule has 0 spiro atoms. The molecule has 4 atom stereocenters. The Morgan fingerprint density at radius 2 is 2.38 bits per heavy atom. The van der Waals surface area contributed by atoms with Crippen LogP contribution in [0.15, 0.2) is 12.3 Å².